The topological polar surface area (TPSA) is 50.2 Å². The fourth-order valence-electron chi connectivity index (χ4n) is 0.236. The highest BCUT2D eigenvalue weighted by atomic mass is 16.5. The smallest absolute Gasteiger partial charge is 0.311 e. The predicted octanol–water partition coefficient (Wildman–Crippen LogP) is 0.589. The van der Waals surface area contributed by atoms with E-state index in [-0.39, 0.29) is 5.71 Å². The summed E-state index contributed by atoms with van der Waals surface area (Å²) in [5, 5.41) is 6.85. The summed E-state index contributed by atoms with van der Waals surface area (Å²) in [6.45, 7) is 1.40. The molecule has 0 rings (SSSR count). The van der Waals surface area contributed by atoms with Crippen molar-refractivity contribution >= 4 is 11.7 Å². The zero-order chi connectivity index (χ0) is 7.44. The van der Waals surface area contributed by atoms with Crippen molar-refractivity contribution in [2.45, 2.75) is 13.3 Å². The van der Waals surface area contributed by atoms with E-state index >= 15 is 0 Å². The maximum atomic E-state index is 10.4. The molecule has 8 heavy (non-hydrogen) atoms. The van der Waals surface area contributed by atoms with E-state index in [0.717, 1.165) is 0 Å². The zero-order valence-electron chi connectivity index (χ0n) is 5.89. The van der Waals surface area contributed by atoms with Crippen LogP contribution in [0.5, 0.6) is 0 Å². The zero-order valence-corrected chi connectivity index (χ0v) is 4.89. The summed E-state index contributed by atoms with van der Waals surface area (Å²) in [5.74, 6) is -0.678. The number of methoxy groups -OCH3 is 1. The molecule has 3 nitrogen and oxygen atoms in total. The largest absolute Gasteiger partial charge is 0.469 e. The first-order valence-corrected chi connectivity index (χ1v) is 2.14. The van der Waals surface area contributed by atoms with Crippen molar-refractivity contribution in [3.05, 3.63) is 0 Å². The normalized spacial score (nSPS) is 14.0. The van der Waals surface area contributed by atoms with Crippen LogP contribution in [0.4, 0.5) is 0 Å². The van der Waals surface area contributed by atoms with Crippen LogP contribution in [-0.2, 0) is 9.53 Å². The molecule has 0 aromatic carbocycles. The van der Waals surface area contributed by atoms with Crippen LogP contribution in [-0.4, -0.2) is 18.8 Å². The van der Waals surface area contributed by atoms with Gasteiger partial charge >= 0.3 is 5.97 Å². The van der Waals surface area contributed by atoms with E-state index < -0.39 is 12.4 Å². The molecule has 0 aliphatic rings. The number of rotatable bonds is 2. The molecule has 0 heterocycles. The molecule has 1 N–H and O–H groups in total. The van der Waals surface area contributed by atoms with Crippen molar-refractivity contribution in [3.63, 3.8) is 0 Å². The van der Waals surface area contributed by atoms with Crippen molar-refractivity contribution in [1.29, 1.82) is 5.41 Å². The van der Waals surface area contributed by atoms with Crippen LogP contribution >= 0.6 is 0 Å². The second-order valence-corrected chi connectivity index (χ2v) is 1.35. The van der Waals surface area contributed by atoms with Gasteiger partial charge in [-0.1, -0.05) is 0 Å². The Morgan fingerprint density at radius 3 is 2.62 bits per heavy atom. The number of hydrogen-bond donors (Lipinski definition) is 1. The van der Waals surface area contributed by atoms with E-state index in [1.165, 1.54) is 14.0 Å². The number of nitrogens with one attached hydrogen (secondary N) is 1. The van der Waals surface area contributed by atoms with Crippen molar-refractivity contribution in [2.75, 3.05) is 7.11 Å². The first-order valence-electron chi connectivity index (χ1n) is 2.72. The second kappa shape index (κ2) is 3.18. The minimum absolute atomic E-state index is 0.00171. The molecular formula is C5H9NO2. The van der Waals surface area contributed by atoms with Crippen LogP contribution in [0.25, 0.3) is 0 Å². The fourth-order valence-corrected chi connectivity index (χ4v) is 0.236. The lowest BCUT2D eigenvalue weighted by atomic mass is 10.3. The van der Waals surface area contributed by atoms with Gasteiger partial charge in [-0.25, -0.2) is 0 Å². The molecule has 0 aromatic rings. The van der Waals surface area contributed by atoms with E-state index in [2.05, 4.69) is 4.74 Å². The first-order chi connectivity index (χ1) is 4.09. The Bertz CT molecular complexity index is 135. The van der Waals surface area contributed by atoms with E-state index in [4.69, 9.17) is 6.78 Å². The minimum atomic E-state index is -1.14. The van der Waals surface area contributed by atoms with Crippen LogP contribution in [0.1, 0.15) is 14.7 Å². The van der Waals surface area contributed by atoms with Crippen LogP contribution in [0.2, 0.25) is 0 Å². The molecule has 0 bridgehead atoms. The third-order valence-corrected chi connectivity index (χ3v) is 0.536. The van der Waals surface area contributed by atoms with Crippen LogP contribution in [0.3, 0.4) is 0 Å². The van der Waals surface area contributed by atoms with Gasteiger partial charge in [0.1, 0.15) is 0 Å². The van der Waals surface area contributed by atoms with Gasteiger partial charge in [0.2, 0.25) is 0 Å². The molecule has 0 saturated carbocycles. The van der Waals surface area contributed by atoms with Crippen molar-refractivity contribution < 1.29 is 10.9 Å². The molecule has 0 saturated heterocycles. The van der Waals surface area contributed by atoms with Crippen LogP contribution in [0.15, 0.2) is 0 Å². The average Bonchev–Trinajstić information content (AvgIpc) is 1.84. The van der Waals surface area contributed by atoms with Gasteiger partial charge in [-0.05, 0) is 6.92 Å². The standard InChI is InChI=1S/C5H9NO2/c1-4(6)3-5(7)8-2/h6H,3H2,1-2H3/i3D. The molecule has 0 amide bonds. The van der Waals surface area contributed by atoms with Gasteiger partial charge in [-0.2, -0.15) is 0 Å². The van der Waals surface area contributed by atoms with E-state index in [0.29, 0.717) is 0 Å². The number of carbonyl (C=O) groups is 1. The molecular weight excluding hydrogens is 106 g/mol. The highest BCUT2D eigenvalue weighted by Crippen LogP contribution is 1.83. The maximum absolute atomic E-state index is 10.4. The Kier molecular flexibility index (Phi) is 2.10. The summed E-state index contributed by atoms with van der Waals surface area (Å²) in [6, 6.07) is 0. The molecule has 1 atom stereocenters. The lowest BCUT2D eigenvalue weighted by Crippen LogP contribution is -2.04. The number of ether oxygens (including phenoxy) is 1. The van der Waals surface area contributed by atoms with E-state index in [1.54, 1.807) is 0 Å². The highest BCUT2D eigenvalue weighted by Gasteiger charge is 1.98. The van der Waals surface area contributed by atoms with Gasteiger partial charge in [0.25, 0.3) is 0 Å². The Balaban J connectivity index is 3.88. The van der Waals surface area contributed by atoms with Crippen molar-refractivity contribution in [3.8, 4) is 0 Å². The Morgan fingerprint density at radius 1 is 2.00 bits per heavy atom. The van der Waals surface area contributed by atoms with Gasteiger partial charge in [0, 0.05) is 7.08 Å². The Hall–Kier alpha value is -0.860. The molecule has 0 aliphatic carbocycles. The third-order valence-electron chi connectivity index (χ3n) is 0.536. The van der Waals surface area contributed by atoms with Crippen LogP contribution in [0, 0.1) is 5.41 Å². The summed E-state index contributed by atoms with van der Waals surface area (Å²) in [5.41, 5.74) is 0.00171. The minimum Gasteiger partial charge on any atom is -0.469 e. The van der Waals surface area contributed by atoms with Gasteiger partial charge in [-0.3, -0.25) is 4.79 Å². The lowest BCUT2D eigenvalue weighted by molar-refractivity contribution is -0.139. The quantitative estimate of drug-likeness (QED) is 0.424. The molecule has 0 aliphatic heterocycles. The summed E-state index contributed by atoms with van der Waals surface area (Å²) >= 11 is 0. The third kappa shape index (κ3) is 3.33. The van der Waals surface area contributed by atoms with Gasteiger partial charge in [0.05, 0.1) is 13.5 Å². The van der Waals surface area contributed by atoms with Gasteiger partial charge < -0.3 is 10.1 Å². The molecule has 0 radical (unpaired) electrons. The van der Waals surface area contributed by atoms with E-state index in [9.17, 15) is 4.79 Å². The summed E-state index contributed by atoms with van der Waals surface area (Å²) in [7, 11) is 1.20. The van der Waals surface area contributed by atoms with Gasteiger partial charge in [0.15, 0.2) is 0 Å². The highest BCUT2D eigenvalue weighted by molar-refractivity contribution is 5.95. The van der Waals surface area contributed by atoms with Crippen molar-refractivity contribution in [2.24, 2.45) is 0 Å². The monoisotopic (exact) mass is 116 g/mol. The van der Waals surface area contributed by atoms with Gasteiger partial charge in [-0.15, -0.1) is 0 Å². The van der Waals surface area contributed by atoms with Crippen LogP contribution < -0.4 is 0 Å². The molecule has 46 valence electrons. The molecule has 0 fully saturated rings. The molecule has 3 heteroatoms. The average molecular weight is 116 g/mol. The predicted molar refractivity (Wildman–Crippen MR) is 30.0 cm³/mol. The maximum Gasteiger partial charge on any atom is 0.311 e. The Labute approximate surface area is 49.6 Å². The lowest BCUT2D eigenvalue weighted by Gasteiger charge is -1.93. The molecule has 0 aromatic heterocycles. The Morgan fingerprint density at radius 2 is 2.50 bits per heavy atom. The molecule has 1 unspecified atom stereocenters. The second-order valence-electron chi connectivity index (χ2n) is 1.35. The number of hydrogen-bond acceptors (Lipinski definition) is 3. The summed E-state index contributed by atoms with van der Waals surface area (Å²) in [6.07, 6.45) is -1.14. The van der Waals surface area contributed by atoms with Crippen molar-refractivity contribution in [1.82, 2.24) is 0 Å². The number of esters is 1. The fraction of sp³-hybridized carbons (Fsp3) is 0.600. The number of carbonyl (C=O) groups excluding carboxylic acids is 1. The summed E-state index contributed by atoms with van der Waals surface area (Å²) in [4.78, 5) is 10.4. The first kappa shape index (κ1) is 5.28. The summed E-state index contributed by atoms with van der Waals surface area (Å²) < 4.78 is 11.1. The SMILES string of the molecule is [2H]C(C(C)=N)C(=O)OC. The molecule has 0 spiro atoms. The van der Waals surface area contributed by atoms with E-state index in [1.807, 2.05) is 0 Å².